The normalized spacial score (nSPS) is 14.4. The van der Waals surface area contributed by atoms with E-state index >= 15 is 0 Å². The molecule has 0 aromatic carbocycles. The predicted octanol–water partition coefficient (Wildman–Crippen LogP) is 4.76. The lowest BCUT2D eigenvalue weighted by molar-refractivity contribution is 0.293. The number of rotatable bonds is 6. The average Bonchev–Trinajstić information content (AvgIpc) is 2.07. The summed E-state index contributed by atoms with van der Waals surface area (Å²) in [5.41, 5.74) is 0. The van der Waals surface area contributed by atoms with E-state index in [0.29, 0.717) is 5.04 Å². The van der Waals surface area contributed by atoms with Crippen molar-refractivity contribution in [3.05, 3.63) is 12.3 Å². The zero-order valence-electron chi connectivity index (χ0n) is 12.9. The highest BCUT2D eigenvalue weighted by molar-refractivity contribution is 6.74. The molecule has 0 aliphatic heterocycles. The maximum Gasteiger partial charge on any atom is 0.241 e. The van der Waals surface area contributed by atoms with Gasteiger partial charge in [-0.25, -0.2) is 0 Å². The van der Waals surface area contributed by atoms with Crippen LogP contribution in [0.1, 0.15) is 27.2 Å². The van der Waals surface area contributed by atoms with E-state index in [0.717, 1.165) is 13.0 Å². The Bertz CT molecular complexity index is 247. The molecule has 0 aromatic rings. The second-order valence-corrected chi connectivity index (χ2v) is 16.3. The van der Waals surface area contributed by atoms with Crippen molar-refractivity contribution < 1.29 is 8.85 Å². The van der Waals surface area contributed by atoms with E-state index in [-0.39, 0.29) is 0 Å². The molecule has 0 aliphatic carbocycles. The van der Waals surface area contributed by atoms with Gasteiger partial charge in [0.1, 0.15) is 0 Å². The minimum atomic E-state index is -1.57. The van der Waals surface area contributed by atoms with Crippen LogP contribution in [0.25, 0.3) is 0 Å². The first kappa shape index (κ1) is 16.9. The van der Waals surface area contributed by atoms with Crippen LogP contribution in [0, 0.1) is 0 Å². The minimum Gasteiger partial charge on any atom is -0.550 e. The Morgan fingerprint density at radius 2 is 1.53 bits per heavy atom. The van der Waals surface area contributed by atoms with Crippen LogP contribution < -0.4 is 0 Å². The standard InChI is InChI=1S/C13H30O2Si2/c1-13(2,3)17(7,8)15-12-10-9-11-14-16(4,5)6/h9,11H,10,12H2,1-8H3. The van der Waals surface area contributed by atoms with Crippen LogP contribution in [0.2, 0.25) is 37.8 Å². The van der Waals surface area contributed by atoms with Gasteiger partial charge in [0, 0.05) is 6.61 Å². The van der Waals surface area contributed by atoms with E-state index in [4.69, 9.17) is 8.85 Å². The lowest BCUT2D eigenvalue weighted by Crippen LogP contribution is -2.40. The van der Waals surface area contributed by atoms with Crippen LogP contribution in [0.5, 0.6) is 0 Å². The fraction of sp³-hybridized carbons (Fsp3) is 0.846. The molecule has 0 rings (SSSR count). The second kappa shape index (κ2) is 6.20. The molecule has 0 saturated carbocycles. The van der Waals surface area contributed by atoms with Gasteiger partial charge < -0.3 is 8.85 Å². The Kier molecular flexibility index (Phi) is 6.18. The van der Waals surface area contributed by atoms with Crippen molar-refractivity contribution >= 4 is 16.6 Å². The summed E-state index contributed by atoms with van der Waals surface area (Å²) >= 11 is 0. The Balaban J connectivity index is 3.87. The molecule has 0 saturated heterocycles. The van der Waals surface area contributed by atoms with E-state index < -0.39 is 16.6 Å². The van der Waals surface area contributed by atoms with Gasteiger partial charge in [0.15, 0.2) is 8.32 Å². The first-order chi connectivity index (χ1) is 7.46. The molecule has 0 radical (unpaired) electrons. The smallest absolute Gasteiger partial charge is 0.241 e. The molecule has 2 nitrogen and oxygen atoms in total. The van der Waals surface area contributed by atoms with Crippen molar-refractivity contribution in [2.75, 3.05) is 6.61 Å². The van der Waals surface area contributed by atoms with Gasteiger partial charge in [-0.3, -0.25) is 0 Å². The van der Waals surface area contributed by atoms with Gasteiger partial charge in [0.2, 0.25) is 8.32 Å². The third-order valence-corrected chi connectivity index (χ3v) is 8.45. The average molecular weight is 275 g/mol. The van der Waals surface area contributed by atoms with Crippen molar-refractivity contribution in [2.24, 2.45) is 0 Å². The third kappa shape index (κ3) is 7.79. The highest BCUT2D eigenvalue weighted by atomic mass is 28.4. The topological polar surface area (TPSA) is 18.5 Å². The predicted molar refractivity (Wildman–Crippen MR) is 81.3 cm³/mol. The third-order valence-electron chi connectivity index (χ3n) is 3.07. The second-order valence-electron chi connectivity index (χ2n) is 7.00. The van der Waals surface area contributed by atoms with Crippen LogP contribution in [0.4, 0.5) is 0 Å². The summed E-state index contributed by atoms with van der Waals surface area (Å²) in [6, 6.07) is 0. The van der Waals surface area contributed by atoms with Crippen LogP contribution >= 0.6 is 0 Å². The Morgan fingerprint density at radius 1 is 1.00 bits per heavy atom. The fourth-order valence-electron chi connectivity index (χ4n) is 0.919. The Morgan fingerprint density at radius 3 is 1.94 bits per heavy atom. The lowest BCUT2D eigenvalue weighted by atomic mass is 10.2. The van der Waals surface area contributed by atoms with Crippen molar-refractivity contribution in [3.8, 4) is 0 Å². The highest BCUT2D eigenvalue weighted by Gasteiger charge is 2.36. The first-order valence-electron chi connectivity index (χ1n) is 6.42. The number of hydrogen-bond donors (Lipinski definition) is 0. The summed E-state index contributed by atoms with van der Waals surface area (Å²) in [6.07, 6.45) is 4.86. The van der Waals surface area contributed by atoms with E-state index in [1.807, 2.05) is 6.26 Å². The fourth-order valence-corrected chi connectivity index (χ4v) is 2.48. The molecule has 0 spiro atoms. The Hall–Kier alpha value is -0.0662. The molecule has 0 unspecified atom stereocenters. The molecule has 0 amide bonds. The maximum absolute atomic E-state index is 6.07. The molecule has 0 N–H and O–H groups in total. The molecular weight excluding hydrogens is 244 g/mol. The van der Waals surface area contributed by atoms with Crippen molar-refractivity contribution in [2.45, 2.75) is 65.0 Å². The quantitative estimate of drug-likeness (QED) is 0.395. The summed E-state index contributed by atoms with van der Waals surface area (Å²) < 4.78 is 11.7. The van der Waals surface area contributed by atoms with Gasteiger partial charge in [0.25, 0.3) is 0 Å². The van der Waals surface area contributed by atoms with Crippen LogP contribution in [0.15, 0.2) is 12.3 Å². The molecule has 17 heavy (non-hydrogen) atoms. The lowest BCUT2D eigenvalue weighted by Gasteiger charge is -2.36. The van der Waals surface area contributed by atoms with Gasteiger partial charge in [-0.15, -0.1) is 0 Å². The van der Waals surface area contributed by atoms with Crippen molar-refractivity contribution in [1.82, 2.24) is 0 Å². The van der Waals surface area contributed by atoms with E-state index in [9.17, 15) is 0 Å². The van der Waals surface area contributed by atoms with Crippen LogP contribution in [-0.2, 0) is 8.85 Å². The molecule has 0 aliphatic rings. The molecule has 0 atom stereocenters. The zero-order chi connectivity index (χ0) is 13.7. The molecule has 0 fully saturated rings. The molecular formula is C13H30O2Si2. The van der Waals surface area contributed by atoms with Gasteiger partial charge >= 0.3 is 0 Å². The summed E-state index contributed by atoms with van der Waals surface area (Å²) in [6.45, 7) is 18.7. The van der Waals surface area contributed by atoms with E-state index in [1.165, 1.54) is 0 Å². The van der Waals surface area contributed by atoms with Gasteiger partial charge in [0.05, 0.1) is 6.26 Å². The van der Waals surface area contributed by atoms with Crippen molar-refractivity contribution in [1.29, 1.82) is 0 Å². The van der Waals surface area contributed by atoms with E-state index in [1.54, 1.807) is 0 Å². The highest BCUT2D eigenvalue weighted by Crippen LogP contribution is 2.36. The van der Waals surface area contributed by atoms with E-state index in [2.05, 4.69) is 59.6 Å². The summed E-state index contributed by atoms with van der Waals surface area (Å²) in [7, 11) is -2.97. The van der Waals surface area contributed by atoms with Gasteiger partial charge in [-0.05, 0) is 50.3 Å². The monoisotopic (exact) mass is 274 g/mol. The Labute approximate surface area is 110 Å². The molecule has 0 heterocycles. The molecule has 102 valence electrons. The largest absolute Gasteiger partial charge is 0.550 e. The van der Waals surface area contributed by atoms with Crippen LogP contribution in [-0.4, -0.2) is 23.2 Å². The summed E-state index contributed by atoms with van der Waals surface area (Å²) in [5.74, 6) is 0. The van der Waals surface area contributed by atoms with Gasteiger partial charge in [-0.2, -0.15) is 0 Å². The molecule has 4 heteroatoms. The molecule has 0 aromatic heterocycles. The maximum atomic E-state index is 6.07. The minimum absolute atomic E-state index is 0.297. The zero-order valence-corrected chi connectivity index (χ0v) is 14.9. The summed E-state index contributed by atoms with van der Waals surface area (Å²) in [4.78, 5) is 0. The van der Waals surface area contributed by atoms with Crippen LogP contribution in [0.3, 0.4) is 0 Å². The SMILES string of the molecule is CC(C)(C)[Si](C)(C)OCCC=CO[Si](C)(C)C. The number of hydrogen-bond acceptors (Lipinski definition) is 2. The van der Waals surface area contributed by atoms with Gasteiger partial charge in [-0.1, -0.05) is 20.8 Å². The van der Waals surface area contributed by atoms with Crippen molar-refractivity contribution in [3.63, 3.8) is 0 Å². The first-order valence-corrected chi connectivity index (χ1v) is 12.7. The molecule has 0 bridgehead atoms. The summed E-state index contributed by atoms with van der Waals surface area (Å²) in [5, 5.41) is 0.297.